The standard InChI is InChI=1S/C16H13NO4/c17-15-12(8-11(18)9-13(15)16(20)21)14(19)7-6-10-4-2-1-3-5-10/h1-9,18H,17H2,(H,20,21)/b7-6+. The number of phenols is 1. The number of allylic oxidation sites excluding steroid dienone is 1. The van der Waals surface area contributed by atoms with Gasteiger partial charge in [0.2, 0.25) is 0 Å². The Morgan fingerprint density at radius 3 is 2.29 bits per heavy atom. The van der Waals surface area contributed by atoms with Crippen molar-refractivity contribution in [3.05, 3.63) is 65.2 Å². The molecule has 21 heavy (non-hydrogen) atoms. The summed E-state index contributed by atoms with van der Waals surface area (Å²) in [6.07, 6.45) is 2.87. The van der Waals surface area contributed by atoms with Gasteiger partial charge in [0.1, 0.15) is 5.75 Å². The molecule has 5 heteroatoms. The van der Waals surface area contributed by atoms with E-state index in [1.807, 2.05) is 30.3 Å². The van der Waals surface area contributed by atoms with E-state index in [0.29, 0.717) is 0 Å². The Morgan fingerprint density at radius 1 is 1.05 bits per heavy atom. The van der Waals surface area contributed by atoms with Crippen molar-refractivity contribution < 1.29 is 19.8 Å². The molecule has 0 heterocycles. The molecule has 0 unspecified atom stereocenters. The van der Waals surface area contributed by atoms with E-state index in [2.05, 4.69) is 0 Å². The molecule has 0 amide bonds. The maximum Gasteiger partial charge on any atom is 0.337 e. The van der Waals surface area contributed by atoms with Crippen molar-refractivity contribution in [3.8, 4) is 5.75 Å². The van der Waals surface area contributed by atoms with E-state index < -0.39 is 11.8 Å². The van der Waals surface area contributed by atoms with E-state index in [0.717, 1.165) is 17.7 Å². The van der Waals surface area contributed by atoms with Crippen molar-refractivity contribution in [2.24, 2.45) is 0 Å². The average molecular weight is 283 g/mol. The highest BCUT2D eigenvalue weighted by Gasteiger charge is 2.17. The Labute approximate surface area is 121 Å². The lowest BCUT2D eigenvalue weighted by atomic mass is 10.0. The first kappa shape index (κ1) is 14.3. The number of benzene rings is 2. The smallest absolute Gasteiger partial charge is 0.337 e. The van der Waals surface area contributed by atoms with Crippen molar-refractivity contribution in [1.82, 2.24) is 0 Å². The van der Waals surface area contributed by atoms with Crippen molar-refractivity contribution >= 4 is 23.5 Å². The summed E-state index contributed by atoms with van der Waals surface area (Å²) in [7, 11) is 0. The first-order valence-electron chi connectivity index (χ1n) is 6.12. The molecule has 5 nitrogen and oxygen atoms in total. The van der Waals surface area contributed by atoms with Gasteiger partial charge in [-0.05, 0) is 23.8 Å². The second-order valence-corrected chi connectivity index (χ2v) is 4.37. The lowest BCUT2D eigenvalue weighted by molar-refractivity contribution is 0.0697. The summed E-state index contributed by atoms with van der Waals surface area (Å²) in [4.78, 5) is 23.1. The van der Waals surface area contributed by atoms with Gasteiger partial charge in [0, 0.05) is 5.56 Å². The molecule has 0 saturated heterocycles. The highest BCUT2D eigenvalue weighted by atomic mass is 16.4. The van der Waals surface area contributed by atoms with Crippen molar-refractivity contribution in [2.45, 2.75) is 0 Å². The van der Waals surface area contributed by atoms with Gasteiger partial charge in [-0.15, -0.1) is 0 Å². The van der Waals surface area contributed by atoms with E-state index in [4.69, 9.17) is 10.8 Å². The van der Waals surface area contributed by atoms with Crippen molar-refractivity contribution in [2.75, 3.05) is 5.73 Å². The topological polar surface area (TPSA) is 101 Å². The second kappa shape index (κ2) is 5.92. The normalized spacial score (nSPS) is 10.7. The summed E-state index contributed by atoms with van der Waals surface area (Å²) in [6.45, 7) is 0. The number of nitrogen functional groups attached to an aromatic ring is 1. The largest absolute Gasteiger partial charge is 0.508 e. The molecule has 0 aliphatic rings. The van der Waals surface area contributed by atoms with Crippen LogP contribution in [0.4, 0.5) is 5.69 Å². The van der Waals surface area contributed by atoms with E-state index >= 15 is 0 Å². The number of hydrogen-bond acceptors (Lipinski definition) is 4. The van der Waals surface area contributed by atoms with E-state index in [9.17, 15) is 14.7 Å². The van der Waals surface area contributed by atoms with E-state index in [1.54, 1.807) is 6.08 Å². The quantitative estimate of drug-likeness (QED) is 0.346. The Morgan fingerprint density at radius 2 is 1.67 bits per heavy atom. The number of carboxylic acids is 1. The fourth-order valence-electron chi connectivity index (χ4n) is 1.84. The van der Waals surface area contributed by atoms with Crippen molar-refractivity contribution in [1.29, 1.82) is 0 Å². The fourth-order valence-corrected chi connectivity index (χ4v) is 1.84. The lowest BCUT2D eigenvalue weighted by Gasteiger charge is -2.07. The van der Waals surface area contributed by atoms with Crippen LogP contribution in [-0.2, 0) is 0 Å². The number of rotatable bonds is 4. The molecule has 0 atom stereocenters. The zero-order valence-corrected chi connectivity index (χ0v) is 11.0. The monoisotopic (exact) mass is 283 g/mol. The number of carbonyl (C=O) groups excluding carboxylic acids is 1. The number of aromatic carboxylic acids is 1. The maximum absolute atomic E-state index is 12.1. The van der Waals surface area contributed by atoms with Crippen LogP contribution < -0.4 is 5.73 Å². The third kappa shape index (κ3) is 3.27. The van der Waals surface area contributed by atoms with E-state index in [-0.39, 0.29) is 22.6 Å². The molecule has 4 N–H and O–H groups in total. The summed E-state index contributed by atoms with van der Waals surface area (Å²) in [5.41, 5.74) is 5.99. The number of phenolic OH excluding ortho intramolecular Hbond substituents is 1. The van der Waals surface area contributed by atoms with Gasteiger partial charge in [0.25, 0.3) is 0 Å². The lowest BCUT2D eigenvalue weighted by Crippen LogP contribution is -2.08. The van der Waals surface area contributed by atoms with Crippen LogP contribution in [0.5, 0.6) is 5.75 Å². The highest BCUT2D eigenvalue weighted by molar-refractivity contribution is 6.13. The zero-order chi connectivity index (χ0) is 15.4. The van der Waals surface area contributed by atoms with Crippen LogP contribution in [0.1, 0.15) is 26.3 Å². The number of hydrogen-bond donors (Lipinski definition) is 3. The SMILES string of the molecule is Nc1c(C(=O)O)cc(O)cc1C(=O)/C=C/c1ccccc1. The van der Waals surface area contributed by atoms with Crippen LogP contribution in [0.25, 0.3) is 6.08 Å². The maximum atomic E-state index is 12.1. The first-order chi connectivity index (χ1) is 9.99. The third-order valence-electron chi connectivity index (χ3n) is 2.89. The summed E-state index contributed by atoms with van der Waals surface area (Å²) in [5.74, 6) is -2.10. The van der Waals surface area contributed by atoms with Gasteiger partial charge in [-0.2, -0.15) is 0 Å². The number of carbonyl (C=O) groups is 2. The third-order valence-corrected chi connectivity index (χ3v) is 2.89. The minimum absolute atomic E-state index is 0.0421. The van der Waals surface area contributed by atoms with Gasteiger partial charge in [-0.1, -0.05) is 36.4 Å². The summed E-state index contributed by atoms with van der Waals surface area (Å²) in [5, 5.41) is 18.5. The van der Waals surface area contributed by atoms with Gasteiger partial charge >= 0.3 is 5.97 Å². The second-order valence-electron chi connectivity index (χ2n) is 4.37. The van der Waals surface area contributed by atoms with E-state index in [1.165, 1.54) is 6.08 Å². The van der Waals surface area contributed by atoms with Gasteiger partial charge < -0.3 is 15.9 Å². The Balaban J connectivity index is 2.36. The number of aromatic hydroxyl groups is 1. The molecule has 0 aliphatic carbocycles. The van der Waals surface area contributed by atoms with Gasteiger partial charge in [-0.25, -0.2) is 4.79 Å². The van der Waals surface area contributed by atoms with Crippen LogP contribution in [0.15, 0.2) is 48.5 Å². The molecule has 2 aromatic rings. The molecule has 0 fully saturated rings. The van der Waals surface area contributed by atoms with Crippen LogP contribution >= 0.6 is 0 Å². The van der Waals surface area contributed by atoms with Crippen LogP contribution in [0, 0.1) is 0 Å². The summed E-state index contributed by atoms with van der Waals surface area (Å²) >= 11 is 0. The summed E-state index contributed by atoms with van der Waals surface area (Å²) in [6, 6.07) is 11.3. The molecule has 2 aromatic carbocycles. The zero-order valence-electron chi connectivity index (χ0n) is 11.0. The minimum Gasteiger partial charge on any atom is -0.508 e. The molecule has 106 valence electrons. The van der Waals surface area contributed by atoms with Crippen LogP contribution in [0.2, 0.25) is 0 Å². The summed E-state index contributed by atoms with van der Waals surface area (Å²) < 4.78 is 0. The fraction of sp³-hybridized carbons (Fsp3) is 0. The average Bonchev–Trinajstić information content (AvgIpc) is 2.47. The minimum atomic E-state index is -1.30. The Kier molecular flexibility index (Phi) is 4.04. The van der Waals surface area contributed by atoms with Gasteiger partial charge in [0.15, 0.2) is 5.78 Å². The number of carboxylic acid groups (broad SMARTS) is 1. The number of nitrogens with two attached hydrogens (primary N) is 1. The van der Waals surface area contributed by atoms with Crippen molar-refractivity contribution in [3.63, 3.8) is 0 Å². The molecule has 0 aromatic heterocycles. The highest BCUT2D eigenvalue weighted by Crippen LogP contribution is 2.25. The molecule has 0 radical (unpaired) electrons. The molecule has 2 rings (SSSR count). The van der Waals surface area contributed by atoms with Gasteiger partial charge in [-0.3, -0.25) is 4.79 Å². The van der Waals surface area contributed by atoms with Crippen LogP contribution in [0.3, 0.4) is 0 Å². The molecular weight excluding hydrogens is 270 g/mol. The first-order valence-corrected chi connectivity index (χ1v) is 6.12. The Bertz CT molecular complexity index is 721. The Hall–Kier alpha value is -3.08. The predicted molar refractivity (Wildman–Crippen MR) is 79.3 cm³/mol. The number of ketones is 1. The molecule has 0 saturated carbocycles. The van der Waals surface area contributed by atoms with Gasteiger partial charge in [0.05, 0.1) is 11.3 Å². The predicted octanol–water partition coefficient (Wildman–Crippen LogP) is 2.57. The number of anilines is 1. The molecular formula is C16H13NO4. The molecule has 0 aliphatic heterocycles. The molecule has 0 spiro atoms. The van der Waals surface area contributed by atoms with Crippen LogP contribution in [-0.4, -0.2) is 22.0 Å². The molecule has 0 bridgehead atoms.